The van der Waals surface area contributed by atoms with Crippen LogP contribution in [-0.2, 0) is 0 Å². The minimum atomic E-state index is 0.0113. The summed E-state index contributed by atoms with van der Waals surface area (Å²) in [5, 5.41) is 3.97. The van der Waals surface area contributed by atoms with Crippen molar-refractivity contribution in [3.8, 4) is 11.5 Å². The predicted octanol–water partition coefficient (Wildman–Crippen LogP) is 3.66. The van der Waals surface area contributed by atoms with Gasteiger partial charge in [-0.05, 0) is 57.5 Å². The Bertz CT molecular complexity index is 1100. The summed E-state index contributed by atoms with van der Waals surface area (Å²) >= 11 is 0. The molecule has 0 saturated carbocycles. The highest BCUT2D eigenvalue weighted by molar-refractivity contribution is 5.93. The molecule has 1 saturated heterocycles. The molecule has 0 spiro atoms. The Labute approximate surface area is 194 Å². The Balaban J connectivity index is 1.53. The maximum Gasteiger partial charge on any atom is 0.195 e. The molecule has 8 heteroatoms. The number of ether oxygens (including phenoxy) is 2. The molecule has 8 nitrogen and oxygen atoms in total. The SMILES string of the molecule is COc1cc2c(N=C(N)N[C@H](C)c3ccccc3)ncnc2cc1OCC1CCN(C)CC1. The van der Waals surface area contributed by atoms with Gasteiger partial charge in [-0.1, -0.05) is 30.3 Å². The first kappa shape index (κ1) is 22.8. The topological polar surface area (TPSA) is 97.9 Å². The van der Waals surface area contributed by atoms with Crippen LogP contribution in [0.2, 0.25) is 0 Å². The van der Waals surface area contributed by atoms with Crippen molar-refractivity contribution in [2.45, 2.75) is 25.8 Å². The van der Waals surface area contributed by atoms with Gasteiger partial charge in [0, 0.05) is 11.5 Å². The van der Waals surface area contributed by atoms with Gasteiger partial charge < -0.3 is 25.4 Å². The lowest BCUT2D eigenvalue weighted by molar-refractivity contribution is 0.157. The molecule has 1 aromatic heterocycles. The number of likely N-dealkylation sites (tertiary alicyclic amines) is 1. The smallest absolute Gasteiger partial charge is 0.195 e. The summed E-state index contributed by atoms with van der Waals surface area (Å²) in [4.78, 5) is 15.6. The third-order valence-corrected chi connectivity index (χ3v) is 6.10. The largest absolute Gasteiger partial charge is 0.493 e. The number of nitrogens with one attached hydrogen (secondary N) is 1. The zero-order valence-corrected chi connectivity index (χ0v) is 19.5. The molecule has 2 aromatic carbocycles. The fourth-order valence-electron chi connectivity index (χ4n) is 4.04. The Morgan fingerprint density at radius 3 is 2.67 bits per heavy atom. The molecule has 2 heterocycles. The summed E-state index contributed by atoms with van der Waals surface area (Å²) < 4.78 is 11.8. The van der Waals surface area contributed by atoms with Gasteiger partial charge in [0.1, 0.15) is 6.33 Å². The number of fused-ring (bicyclic) bond motifs is 1. The van der Waals surface area contributed by atoms with Crippen molar-refractivity contribution in [1.29, 1.82) is 0 Å². The van der Waals surface area contributed by atoms with Gasteiger partial charge in [-0.15, -0.1) is 0 Å². The molecular formula is C25H32N6O2. The minimum Gasteiger partial charge on any atom is -0.493 e. The minimum absolute atomic E-state index is 0.0113. The molecule has 1 fully saturated rings. The number of hydrogen-bond acceptors (Lipinski definition) is 6. The van der Waals surface area contributed by atoms with E-state index < -0.39 is 0 Å². The van der Waals surface area contributed by atoms with Gasteiger partial charge in [0.2, 0.25) is 0 Å². The zero-order valence-electron chi connectivity index (χ0n) is 19.5. The molecule has 1 atom stereocenters. The van der Waals surface area contributed by atoms with Crippen LogP contribution in [0.4, 0.5) is 5.82 Å². The van der Waals surface area contributed by atoms with Crippen molar-refractivity contribution >= 4 is 22.7 Å². The van der Waals surface area contributed by atoms with E-state index in [-0.39, 0.29) is 12.0 Å². The van der Waals surface area contributed by atoms with Crippen LogP contribution in [0.1, 0.15) is 31.4 Å². The Kier molecular flexibility index (Phi) is 7.24. The van der Waals surface area contributed by atoms with Crippen LogP contribution in [0.3, 0.4) is 0 Å². The van der Waals surface area contributed by atoms with Crippen LogP contribution in [0.25, 0.3) is 10.9 Å². The van der Waals surface area contributed by atoms with E-state index in [4.69, 9.17) is 15.2 Å². The molecule has 0 bridgehead atoms. The summed E-state index contributed by atoms with van der Waals surface area (Å²) in [7, 11) is 3.79. The van der Waals surface area contributed by atoms with Crippen LogP contribution in [-0.4, -0.2) is 54.7 Å². The fourth-order valence-corrected chi connectivity index (χ4v) is 4.04. The van der Waals surface area contributed by atoms with Gasteiger partial charge in [0.15, 0.2) is 23.3 Å². The molecular weight excluding hydrogens is 416 g/mol. The molecule has 4 rings (SSSR count). The number of rotatable bonds is 7. The van der Waals surface area contributed by atoms with E-state index in [0.29, 0.717) is 29.8 Å². The van der Waals surface area contributed by atoms with Crippen molar-refractivity contribution in [2.75, 3.05) is 33.9 Å². The monoisotopic (exact) mass is 448 g/mol. The standard InChI is InChI=1S/C25H32N6O2/c1-17(19-7-5-4-6-8-19)29-25(26)30-24-20-13-22(32-3)23(14-21(20)27-16-28-24)33-15-18-9-11-31(2)12-10-18/h4-8,13-14,16-18H,9-12,15H2,1-3H3,(H3,26,27,28,29,30)/t17-/m1/s1. The second-order valence-electron chi connectivity index (χ2n) is 8.55. The quantitative estimate of drug-likeness (QED) is 0.420. The molecule has 1 aliphatic rings. The summed E-state index contributed by atoms with van der Waals surface area (Å²) in [6.45, 7) is 4.92. The van der Waals surface area contributed by atoms with Gasteiger partial charge >= 0.3 is 0 Å². The summed E-state index contributed by atoms with van der Waals surface area (Å²) in [6, 6.07) is 13.8. The van der Waals surface area contributed by atoms with Crippen molar-refractivity contribution < 1.29 is 9.47 Å². The lowest BCUT2D eigenvalue weighted by Gasteiger charge is -2.28. The van der Waals surface area contributed by atoms with Gasteiger partial charge in [-0.25, -0.2) is 9.97 Å². The molecule has 3 aromatic rings. The molecule has 0 unspecified atom stereocenters. The highest BCUT2D eigenvalue weighted by Crippen LogP contribution is 2.35. The van der Waals surface area contributed by atoms with Gasteiger partial charge in [0.25, 0.3) is 0 Å². The maximum absolute atomic E-state index is 6.19. The first-order valence-electron chi connectivity index (χ1n) is 11.3. The lowest BCUT2D eigenvalue weighted by atomic mass is 9.98. The van der Waals surface area contributed by atoms with E-state index in [0.717, 1.165) is 42.4 Å². The second kappa shape index (κ2) is 10.5. The normalized spacial score (nSPS) is 16.5. The molecule has 174 valence electrons. The highest BCUT2D eigenvalue weighted by Gasteiger charge is 2.19. The lowest BCUT2D eigenvalue weighted by Crippen LogP contribution is -2.33. The number of benzene rings is 2. The molecule has 0 radical (unpaired) electrons. The number of nitrogens with zero attached hydrogens (tertiary/aromatic N) is 4. The Morgan fingerprint density at radius 1 is 1.18 bits per heavy atom. The Hall–Kier alpha value is -3.39. The number of aromatic nitrogens is 2. The number of hydrogen-bond donors (Lipinski definition) is 2. The number of aliphatic imine (C=N–C) groups is 1. The van der Waals surface area contributed by atoms with Gasteiger partial charge in [-0.2, -0.15) is 4.99 Å². The first-order chi connectivity index (χ1) is 16.0. The molecule has 33 heavy (non-hydrogen) atoms. The maximum atomic E-state index is 6.19. The van der Waals surface area contributed by atoms with Crippen molar-refractivity contribution in [2.24, 2.45) is 16.6 Å². The van der Waals surface area contributed by atoms with Crippen LogP contribution >= 0.6 is 0 Å². The average Bonchev–Trinajstić information content (AvgIpc) is 2.83. The first-order valence-corrected chi connectivity index (χ1v) is 11.3. The third-order valence-electron chi connectivity index (χ3n) is 6.10. The van der Waals surface area contributed by atoms with E-state index >= 15 is 0 Å². The number of piperidine rings is 1. The fraction of sp³-hybridized carbons (Fsp3) is 0.400. The van der Waals surface area contributed by atoms with Crippen LogP contribution in [0.5, 0.6) is 11.5 Å². The number of methoxy groups -OCH3 is 1. The van der Waals surface area contributed by atoms with E-state index in [9.17, 15) is 0 Å². The van der Waals surface area contributed by atoms with Crippen LogP contribution in [0.15, 0.2) is 53.8 Å². The molecule has 0 amide bonds. The van der Waals surface area contributed by atoms with Crippen molar-refractivity contribution in [3.63, 3.8) is 0 Å². The zero-order chi connectivity index (χ0) is 23.2. The molecule has 3 N–H and O–H groups in total. The highest BCUT2D eigenvalue weighted by atomic mass is 16.5. The summed E-state index contributed by atoms with van der Waals surface area (Å²) in [6.07, 6.45) is 3.77. The number of nitrogens with two attached hydrogens (primary N) is 1. The van der Waals surface area contributed by atoms with Gasteiger partial charge in [0.05, 0.1) is 25.3 Å². The predicted molar refractivity (Wildman–Crippen MR) is 131 cm³/mol. The van der Waals surface area contributed by atoms with E-state index in [1.165, 1.54) is 6.33 Å². The average molecular weight is 449 g/mol. The van der Waals surface area contributed by atoms with Crippen molar-refractivity contribution in [1.82, 2.24) is 20.2 Å². The molecule has 1 aliphatic heterocycles. The Morgan fingerprint density at radius 2 is 1.94 bits per heavy atom. The molecule has 0 aliphatic carbocycles. The van der Waals surface area contributed by atoms with E-state index in [1.54, 1.807) is 7.11 Å². The third kappa shape index (κ3) is 5.70. The van der Waals surface area contributed by atoms with E-state index in [1.807, 2.05) is 49.4 Å². The van der Waals surface area contributed by atoms with Crippen LogP contribution < -0.4 is 20.5 Å². The second-order valence-corrected chi connectivity index (χ2v) is 8.55. The van der Waals surface area contributed by atoms with Gasteiger partial charge in [-0.3, -0.25) is 0 Å². The van der Waals surface area contributed by atoms with E-state index in [2.05, 4.69) is 32.2 Å². The van der Waals surface area contributed by atoms with Crippen LogP contribution in [0, 0.1) is 5.92 Å². The van der Waals surface area contributed by atoms with Crippen molar-refractivity contribution in [3.05, 3.63) is 54.4 Å². The summed E-state index contributed by atoms with van der Waals surface area (Å²) in [5.41, 5.74) is 8.04. The number of guanidine groups is 1. The summed E-state index contributed by atoms with van der Waals surface area (Å²) in [5.74, 6) is 2.62.